The summed E-state index contributed by atoms with van der Waals surface area (Å²) in [4.78, 5) is 18.5. The number of carbonyl (C=O) groups excluding carboxylic acids is 1. The largest absolute Gasteiger partial charge is 0.448 e. The zero-order valence-corrected chi connectivity index (χ0v) is 13.1. The fraction of sp³-hybridized carbons (Fsp3) is 0.929. The quantitative estimate of drug-likeness (QED) is 0.759. The normalized spacial score (nSPS) is 24.8. The number of amides is 1. The first-order chi connectivity index (χ1) is 8.99. The number of hydrogen-bond donors (Lipinski definition) is 0. The fourth-order valence-corrected chi connectivity index (χ4v) is 2.44. The van der Waals surface area contributed by atoms with Crippen LogP contribution in [-0.2, 0) is 4.74 Å². The van der Waals surface area contributed by atoms with E-state index >= 15 is 0 Å². The van der Waals surface area contributed by atoms with Gasteiger partial charge in [0.1, 0.15) is 6.61 Å². The van der Waals surface area contributed by atoms with Crippen LogP contribution >= 0.6 is 0 Å². The van der Waals surface area contributed by atoms with Gasteiger partial charge in [-0.25, -0.2) is 4.79 Å². The molecule has 19 heavy (non-hydrogen) atoms. The SMILES string of the molecule is CCN(CC)CCOC(=O)N1C[C@H](C)N(C)C[C@H]1C. The summed E-state index contributed by atoms with van der Waals surface area (Å²) in [7, 11) is 2.10. The smallest absolute Gasteiger partial charge is 0.410 e. The average Bonchev–Trinajstić information content (AvgIpc) is 2.38. The van der Waals surface area contributed by atoms with Crippen LogP contribution in [0.25, 0.3) is 0 Å². The second-order valence-corrected chi connectivity index (χ2v) is 5.43. The summed E-state index contributed by atoms with van der Waals surface area (Å²) in [5, 5.41) is 0. The third-order valence-corrected chi connectivity index (χ3v) is 4.06. The standard InChI is InChI=1S/C14H29N3O2/c1-6-16(7-2)8-9-19-14(18)17-11-12(3)15(5)10-13(17)4/h12-13H,6-11H2,1-5H3/t12-,13+/m0/s1. The summed E-state index contributed by atoms with van der Waals surface area (Å²) >= 11 is 0. The van der Waals surface area contributed by atoms with Gasteiger partial charge in [0, 0.05) is 31.7 Å². The minimum absolute atomic E-state index is 0.167. The van der Waals surface area contributed by atoms with Crippen molar-refractivity contribution in [3.8, 4) is 0 Å². The maximum Gasteiger partial charge on any atom is 0.410 e. The Balaban J connectivity index is 2.36. The van der Waals surface area contributed by atoms with Crippen molar-refractivity contribution in [2.45, 2.75) is 39.8 Å². The van der Waals surface area contributed by atoms with Crippen LogP contribution in [0.4, 0.5) is 4.79 Å². The molecule has 1 aliphatic heterocycles. The van der Waals surface area contributed by atoms with Gasteiger partial charge >= 0.3 is 6.09 Å². The summed E-state index contributed by atoms with van der Waals surface area (Å²) in [5.74, 6) is 0. The molecule has 1 amide bonds. The van der Waals surface area contributed by atoms with E-state index in [0.717, 1.165) is 32.7 Å². The number of hydrogen-bond acceptors (Lipinski definition) is 4. The summed E-state index contributed by atoms with van der Waals surface area (Å²) in [5.41, 5.74) is 0. The van der Waals surface area contributed by atoms with Crippen LogP contribution < -0.4 is 0 Å². The Morgan fingerprint density at radius 1 is 1.21 bits per heavy atom. The van der Waals surface area contributed by atoms with Crippen molar-refractivity contribution in [2.75, 3.05) is 46.4 Å². The Kier molecular flexibility index (Phi) is 6.58. The van der Waals surface area contributed by atoms with Crippen LogP contribution in [0.1, 0.15) is 27.7 Å². The van der Waals surface area contributed by atoms with Gasteiger partial charge < -0.3 is 14.5 Å². The Morgan fingerprint density at radius 3 is 2.42 bits per heavy atom. The molecule has 0 aromatic carbocycles. The van der Waals surface area contributed by atoms with Crippen LogP contribution in [-0.4, -0.2) is 79.3 Å². The molecule has 1 fully saturated rings. The van der Waals surface area contributed by atoms with Gasteiger partial charge in [-0.1, -0.05) is 13.8 Å². The van der Waals surface area contributed by atoms with E-state index in [2.05, 4.69) is 44.5 Å². The van der Waals surface area contributed by atoms with Crippen LogP contribution in [0.15, 0.2) is 0 Å². The minimum Gasteiger partial charge on any atom is -0.448 e. The van der Waals surface area contributed by atoms with Crippen LogP contribution in [0.3, 0.4) is 0 Å². The van der Waals surface area contributed by atoms with Crippen LogP contribution in [0.5, 0.6) is 0 Å². The molecule has 0 aromatic rings. The first-order valence-electron chi connectivity index (χ1n) is 7.35. The van der Waals surface area contributed by atoms with E-state index in [0.29, 0.717) is 12.6 Å². The molecule has 1 heterocycles. The van der Waals surface area contributed by atoms with Crippen LogP contribution in [0, 0.1) is 0 Å². The van der Waals surface area contributed by atoms with Crippen molar-refractivity contribution in [3.05, 3.63) is 0 Å². The van der Waals surface area contributed by atoms with E-state index in [9.17, 15) is 4.79 Å². The number of rotatable bonds is 5. The molecule has 1 saturated heterocycles. The zero-order valence-electron chi connectivity index (χ0n) is 13.1. The average molecular weight is 271 g/mol. The highest BCUT2D eigenvalue weighted by atomic mass is 16.6. The molecule has 0 N–H and O–H groups in total. The highest BCUT2D eigenvalue weighted by Crippen LogP contribution is 2.14. The Morgan fingerprint density at radius 2 is 1.84 bits per heavy atom. The van der Waals surface area contributed by atoms with Crippen LogP contribution in [0.2, 0.25) is 0 Å². The van der Waals surface area contributed by atoms with Crippen molar-refractivity contribution in [1.82, 2.24) is 14.7 Å². The predicted molar refractivity (Wildman–Crippen MR) is 77.4 cm³/mol. The monoisotopic (exact) mass is 271 g/mol. The van der Waals surface area contributed by atoms with Crippen molar-refractivity contribution in [2.24, 2.45) is 0 Å². The Bertz CT molecular complexity index is 282. The number of ether oxygens (including phenoxy) is 1. The number of likely N-dealkylation sites (N-methyl/N-ethyl adjacent to an activating group) is 2. The third-order valence-electron chi connectivity index (χ3n) is 4.06. The van der Waals surface area contributed by atoms with E-state index in [1.165, 1.54) is 0 Å². The fourth-order valence-electron chi connectivity index (χ4n) is 2.44. The van der Waals surface area contributed by atoms with E-state index in [1.54, 1.807) is 0 Å². The molecular weight excluding hydrogens is 242 g/mol. The lowest BCUT2D eigenvalue weighted by Gasteiger charge is -2.41. The lowest BCUT2D eigenvalue weighted by Crippen LogP contribution is -2.56. The van der Waals surface area contributed by atoms with Gasteiger partial charge in [-0.2, -0.15) is 0 Å². The highest BCUT2D eigenvalue weighted by Gasteiger charge is 2.30. The topological polar surface area (TPSA) is 36.0 Å². The van der Waals surface area contributed by atoms with Gasteiger partial charge in [-0.3, -0.25) is 4.90 Å². The van der Waals surface area contributed by atoms with Crippen molar-refractivity contribution < 1.29 is 9.53 Å². The summed E-state index contributed by atoms with van der Waals surface area (Å²) in [6.07, 6.45) is -0.167. The molecule has 0 bridgehead atoms. The van der Waals surface area contributed by atoms with Crippen molar-refractivity contribution in [1.29, 1.82) is 0 Å². The van der Waals surface area contributed by atoms with Gasteiger partial charge in [-0.15, -0.1) is 0 Å². The number of carbonyl (C=O) groups is 1. The molecule has 5 nitrogen and oxygen atoms in total. The van der Waals surface area contributed by atoms with Gasteiger partial charge in [0.25, 0.3) is 0 Å². The third kappa shape index (κ3) is 4.66. The van der Waals surface area contributed by atoms with Gasteiger partial charge in [-0.05, 0) is 34.0 Å². The molecule has 1 rings (SSSR count). The lowest BCUT2D eigenvalue weighted by molar-refractivity contribution is 0.0349. The molecule has 1 aliphatic rings. The van der Waals surface area contributed by atoms with Gasteiger partial charge in [0.15, 0.2) is 0 Å². The molecule has 0 saturated carbocycles. The minimum atomic E-state index is -0.167. The maximum atomic E-state index is 12.1. The highest BCUT2D eigenvalue weighted by molar-refractivity contribution is 5.68. The molecule has 0 aliphatic carbocycles. The van der Waals surface area contributed by atoms with E-state index < -0.39 is 0 Å². The molecule has 0 unspecified atom stereocenters. The van der Waals surface area contributed by atoms with E-state index in [1.807, 2.05) is 4.90 Å². The molecule has 5 heteroatoms. The number of nitrogens with zero attached hydrogens (tertiary/aromatic N) is 3. The van der Waals surface area contributed by atoms with Gasteiger partial charge in [0.2, 0.25) is 0 Å². The molecule has 0 aromatic heterocycles. The first-order valence-corrected chi connectivity index (χ1v) is 7.35. The zero-order chi connectivity index (χ0) is 14.4. The molecule has 2 atom stereocenters. The predicted octanol–water partition coefficient (Wildman–Crippen LogP) is 1.49. The van der Waals surface area contributed by atoms with E-state index in [4.69, 9.17) is 4.74 Å². The molecule has 0 radical (unpaired) electrons. The summed E-state index contributed by atoms with van der Waals surface area (Å²) < 4.78 is 5.40. The Hall–Kier alpha value is -0.810. The maximum absolute atomic E-state index is 12.1. The first kappa shape index (κ1) is 16.2. The lowest BCUT2D eigenvalue weighted by atomic mass is 10.1. The van der Waals surface area contributed by atoms with Crippen molar-refractivity contribution in [3.63, 3.8) is 0 Å². The second-order valence-electron chi connectivity index (χ2n) is 5.43. The van der Waals surface area contributed by atoms with Gasteiger partial charge in [0.05, 0.1) is 0 Å². The number of piperazine rings is 1. The molecule has 0 spiro atoms. The Labute approximate surface area is 117 Å². The second kappa shape index (κ2) is 7.70. The summed E-state index contributed by atoms with van der Waals surface area (Å²) in [6, 6.07) is 0.619. The van der Waals surface area contributed by atoms with E-state index in [-0.39, 0.29) is 12.1 Å². The van der Waals surface area contributed by atoms with Crippen molar-refractivity contribution >= 4 is 6.09 Å². The summed E-state index contributed by atoms with van der Waals surface area (Å²) in [6.45, 7) is 13.4. The molecule has 112 valence electrons. The molecular formula is C14H29N3O2.